The van der Waals surface area contributed by atoms with Gasteiger partial charge in [0.2, 0.25) is 0 Å². The van der Waals surface area contributed by atoms with Gasteiger partial charge in [-0.2, -0.15) is 18.3 Å². The first-order valence-electron chi connectivity index (χ1n) is 14.4. The molecule has 4 aromatic rings. The van der Waals surface area contributed by atoms with E-state index < -0.39 is 23.8 Å². The number of aliphatic hydroxyl groups excluding tert-OH is 1. The number of halogens is 3. The van der Waals surface area contributed by atoms with E-state index in [0.29, 0.717) is 34.7 Å². The van der Waals surface area contributed by atoms with E-state index in [1.165, 1.54) is 14.0 Å². The summed E-state index contributed by atoms with van der Waals surface area (Å²) in [4.78, 5) is 22.0. The molecule has 0 radical (unpaired) electrons. The van der Waals surface area contributed by atoms with Crippen molar-refractivity contribution in [1.29, 1.82) is 0 Å². The van der Waals surface area contributed by atoms with Gasteiger partial charge in [-0.05, 0) is 65.1 Å². The molecular formula is C32H38F3N5O4. The third-order valence-electron chi connectivity index (χ3n) is 7.61. The van der Waals surface area contributed by atoms with Crippen LogP contribution < -0.4 is 9.47 Å². The minimum atomic E-state index is -4.75. The Morgan fingerprint density at radius 2 is 1.77 bits per heavy atom. The maximum Gasteiger partial charge on any atom is 0.433 e. The Hall–Kier alpha value is -4.16. The number of likely N-dealkylation sites (N-methyl/N-ethyl adjacent to an activating group) is 1. The lowest BCUT2D eigenvalue weighted by atomic mass is 10.0. The Labute approximate surface area is 254 Å². The lowest BCUT2D eigenvalue weighted by Crippen LogP contribution is -2.43. The van der Waals surface area contributed by atoms with Gasteiger partial charge in [0.05, 0.1) is 38.3 Å². The Kier molecular flexibility index (Phi) is 10.2. The highest BCUT2D eigenvalue weighted by atomic mass is 19.4. The van der Waals surface area contributed by atoms with Crippen LogP contribution in [0.1, 0.15) is 54.0 Å². The van der Waals surface area contributed by atoms with Crippen LogP contribution in [0.5, 0.6) is 11.5 Å². The van der Waals surface area contributed by atoms with Crippen LogP contribution in [0.25, 0.3) is 16.9 Å². The van der Waals surface area contributed by atoms with E-state index in [1.54, 1.807) is 29.2 Å². The molecule has 1 atom stereocenters. The summed E-state index contributed by atoms with van der Waals surface area (Å²) in [6.45, 7) is 7.79. The van der Waals surface area contributed by atoms with Gasteiger partial charge in [0.25, 0.3) is 5.91 Å². The highest BCUT2D eigenvalue weighted by Gasteiger charge is 2.39. The standard InChI is InChI=1S/C32H38F3N5O4/c1-7-44-27-11-9-8-10-24(27)26(19-41)38(5)16-17-39(20(2)3)31(42)25-18-36-40-29(32(33,34)35)21(4)28(37-30(25)40)22-12-14-23(43-6)15-13-22/h8-15,18,20,26,41H,7,16-17,19H2,1-6H3. The molecule has 2 aromatic heterocycles. The van der Waals surface area contributed by atoms with Gasteiger partial charge in [-0.15, -0.1) is 0 Å². The van der Waals surface area contributed by atoms with Crippen molar-refractivity contribution < 1.29 is 32.5 Å². The first kappa shape index (κ1) is 32.7. The zero-order chi connectivity index (χ0) is 32.2. The third kappa shape index (κ3) is 6.66. The molecule has 44 heavy (non-hydrogen) atoms. The van der Waals surface area contributed by atoms with Crippen molar-refractivity contribution in [2.24, 2.45) is 0 Å². The molecule has 2 heterocycles. The molecule has 0 bridgehead atoms. The van der Waals surface area contributed by atoms with Gasteiger partial charge in [0.15, 0.2) is 11.3 Å². The van der Waals surface area contributed by atoms with Crippen LogP contribution in [0, 0.1) is 6.92 Å². The number of hydrogen-bond donors (Lipinski definition) is 1. The number of para-hydroxylation sites is 1. The predicted octanol–water partition coefficient (Wildman–Crippen LogP) is 5.65. The van der Waals surface area contributed by atoms with E-state index in [2.05, 4.69) is 10.1 Å². The number of fused-ring (bicyclic) bond motifs is 1. The lowest BCUT2D eigenvalue weighted by molar-refractivity contribution is -0.143. The molecule has 0 aliphatic carbocycles. The maximum atomic E-state index is 14.4. The van der Waals surface area contributed by atoms with E-state index in [9.17, 15) is 23.1 Å². The molecule has 0 aliphatic rings. The Morgan fingerprint density at radius 1 is 1.09 bits per heavy atom. The van der Waals surface area contributed by atoms with Crippen LogP contribution in [0.4, 0.5) is 13.2 Å². The first-order chi connectivity index (χ1) is 20.9. The SMILES string of the molecule is CCOc1ccccc1C(CO)N(C)CCN(C(=O)c1cnn2c(C(F)(F)F)c(C)c(-c3ccc(OC)cc3)nc12)C(C)C. The molecule has 4 rings (SSSR count). The molecule has 0 aliphatic heterocycles. The number of carbonyl (C=O) groups is 1. The number of rotatable bonds is 12. The van der Waals surface area contributed by atoms with Crippen molar-refractivity contribution in [3.63, 3.8) is 0 Å². The third-order valence-corrected chi connectivity index (χ3v) is 7.61. The molecule has 12 heteroatoms. The van der Waals surface area contributed by atoms with E-state index in [4.69, 9.17) is 9.47 Å². The topological polar surface area (TPSA) is 92.4 Å². The van der Waals surface area contributed by atoms with Crippen molar-refractivity contribution in [3.8, 4) is 22.8 Å². The fourth-order valence-electron chi connectivity index (χ4n) is 5.28. The minimum absolute atomic E-state index is 0.0398. The Balaban J connectivity index is 1.69. The van der Waals surface area contributed by atoms with E-state index >= 15 is 0 Å². The molecule has 0 spiro atoms. The summed E-state index contributed by atoms with van der Waals surface area (Å²) in [6, 6.07) is 13.3. The van der Waals surface area contributed by atoms with Crippen LogP contribution in [0.15, 0.2) is 54.7 Å². The second-order valence-electron chi connectivity index (χ2n) is 10.7. The number of hydrogen-bond acceptors (Lipinski definition) is 7. The van der Waals surface area contributed by atoms with Crippen LogP contribution in [-0.4, -0.2) is 81.9 Å². The molecule has 1 amide bonds. The summed E-state index contributed by atoms with van der Waals surface area (Å²) in [5, 5.41) is 14.2. The van der Waals surface area contributed by atoms with Crippen molar-refractivity contribution in [2.75, 3.05) is 40.5 Å². The van der Waals surface area contributed by atoms with Gasteiger partial charge in [0, 0.05) is 35.8 Å². The zero-order valence-corrected chi connectivity index (χ0v) is 25.7. The Morgan fingerprint density at radius 3 is 2.36 bits per heavy atom. The number of aliphatic hydroxyl groups is 1. The normalized spacial score (nSPS) is 12.6. The fraction of sp³-hybridized carbons (Fsp3) is 0.406. The first-order valence-corrected chi connectivity index (χ1v) is 14.4. The van der Waals surface area contributed by atoms with E-state index in [0.717, 1.165) is 11.8 Å². The Bertz CT molecular complexity index is 1590. The molecule has 1 N–H and O–H groups in total. The number of alkyl halides is 3. The van der Waals surface area contributed by atoms with Gasteiger partial charge in [0.1, 0.15) is 17.1 Å². The molecule has 0 fully saturated rings. The number of amides is 1. The summed E-state index contributed by atoms with van der Waals surface area (Å²) in [6.07, 6.45) is -3.61. The molecular weight excluding hydrogens is 575 g/mol. The van der Waals surface area contributed by atoms with Gasteiger partial charge in [-0.1, -0.05) is 18.2 Å². The average molecular weight is 614 g/mol. The van der Waals surface area contributed by atoms with Crippen molar-refractivity contribution in [3.05, 3.63) is 77.1 Å². The number of carbonyl (C=O) groups excluding carboxylic acids is 1. The van der Waals surface area contributed by atoms with Crippen molar-refractivity contribution in [2.45, 2.75) is 46.0 Å². The van der Waals surface area contributed by atoms with Gasteiger partial charge in [-0.25, -0.2) is 9.50 Å². The van der Waals surface area contributed by atoms with Gasteiger partial charge >= 0.3 is 6.18 Å². The van der Waals surface area contributed by atoms with Crippen LogP contribution in [0.2, 0.25) is 0 Å². The van der Waals surface area contributed by atoms with Crippen LogP contribution in [0.3, 0.4) is 0 Å². The lowest BCUT2D eigenvalue weighted by Gasteiger charge is -2.32. The average Bonchev–Trinajstić information content (AvgIpc) is 3.40. The molecule has 0 saturated heterocycles. The maximum absolute atomic E-state index is 14.4. The number of ether oxygens (including phenoxy) is 2. The van der Waals surface area contributed by atoms with Crippen molar-refractivity contribution in [1.82, 2.24) is 24.4 Å². The van der Waals surface area contributed by atoms with Gasteiger partial charge < -0.3 is 19.5 Å². The molecule has 2 aromatic carbocycles. The minimum Gasteiger partial charge on any atom is -0.497 e. The van der Waals surface area contributed by atoms with Crippen LogP contribution in [-0.2, 0) is 6.18 Å². The van der Waals surface area contributed by atoms with Crippen LogP contribution >= 0.6 is 0 Å². The summed E-state index contributed by atoms with van der Waals surface area (Å²) >= 11 is 0. The summed E-state index contributed by atoms with van der Waals surface area (Å²) in [5.41, 5.74) is 0.0227. The monoisotopic (exact) mass is 613 g/mol. The molecule has 236 valence electrons. The van der Waals surface area contributed by atoms with E-state index in [1.807, 2.05) is 57.0 Å². The largest absolute Gasteiger partial charge is 0.497 e. The summed E-state index contributed by atoms with van der Waals surface area (Å²) in [7, 11) is 3.33. The quantitative estimate of drug-likeness (QED) is 0.221. The number of benzene rings is 2. The second-order valence-corrected chi connectivity index (χ2v) is 10.7. The summed E-state index contributed by atoms with van der Waals surface area (Å²) in [5.74, 6) is 0.716. The second kappa shape index (κ2) is 13.6. The van der Waals surface area contributed by atoms with Gasteiger partial charge in [-0.3, -0.25) is 9.69 Å². The predicted molar refractivity (Wildman–Crippen MR) is 161 cm³/mol. The highest BCUT2D eigenvalue weighted by molar-refractivity contribution is 6.00. The molecule has 9 nitrogen and oxygen atoms in total. The van der Waals surface area contributed by atoms with Crippen molar-refractivity contribution >= 4 is 11.6 Å². The molecule has 1 unspecified atom stereocenters. The smallest absolute Gasteiger partial charge is 0.433 e. The summed E-state index contributed by atoms with van der Waals surface area (Å²) < 4.78 is 54.8. The van der Waals surface area contributed by atoms with E-state index in [-0.39, 0.29) is 41.7 Å². The zero-order valence-electron chi connectivity index (χ0n) is 25.7. The number of aromatic nitrogens is 3. The fourth-order valence-corrected chi connectivity index (χ4v) is 5.28. The molecule has 0 saturated carbocycles. The highest BCUT2D eigenvalue weighted by Crippen LogP contribution is 2.37. The number of nitrogens with zero attached hydrogens (tertiary/aromatic N) is 5. The number of methoxy groups -OCH3 is 1.